The van der Waals surface area contributed by atoms with Crippen molar-refractivity contribution < 1.29 is 17.2 Å². The van der Waals surface area contributed by atoms with E-state index in [1.807, 2.05) is 0 Å². The summed E-state index contributed by atoms with van der Waals surface area (Å²) in [5, 5.41) is 0. The monoisotopic (exact) mass is 466 g/mol. The second-order valence-corrected chi connectivity index (χ2v) is 13.7. The zero-order chi connectivity index (χ0) is 23.3. The molecular formula is C27H46O4S. The van der Waals surface area contributed by atoms with Crippen LogP contribution in [0.25, 0.3) is 0 Å². The predicted octanol–water partition coefficient (Wildman–Crippen LogP) is 7.22. The SMILES string of the molecule is CC(C)CCC[C@@H](C)[C@H]1CC[C@@H]2[C@@H]3CC=C4C[C@H](OS(=O)(=O)O)CC[C@]4(C)[C@H]3CC[C@@]21C. The van der Waals surface area contributed by atoms with Gasteiger partial charge in [0.1, 0.15) is 0 Å². The van der Waals surface area contributed by atoms with Gasteiger partial charge in [-0.3, -0.25) is 4.55 Å². The maximum atomic E-state index is 11.2. The molecule has 0 unspecified atom stereocenters. The maximum Gasteiger partial charge on any atom is 0.397 e. The fraction of sp³-hybridized carbons (Fsp3) is 0.926. The zero-order valence-corrected chi connectivity index (χ0v) is 21.8. The third-order valence-corrected chi connectivity index (χ3v) is 11.0. The number of hydrogen-bond acceptors (Lipinski definition) is 3. The van der Waals surface area contributed by atoms with Gasteiger partial charge in [0, 0.05) is 0 Å². The van der Waals surface area contributed by atoms with E-state index in [1.165, 1.54) is 50.5 Å². The molecule has 3 saturated carbocycles. The van der Waals surface area contributed by atoms with Crippen molar-refractivity contribution in [1.82, 2.24) is 0 Å². The Morgan fingerprint density at radius 1 is 1.06 bits per heavy atom. The van der Waals surface area contributed by atoms with Gasteiger partial charge in [-0.25, -0.2) is 4.18 Å². The highest BCUT2D eigenvalue weighted by molar-refractivity contribution is 7.80. The Morgan fingerprint density at radius 2 is 1.81 bits per heavy atom. The van der Waals surface area contributed by atoms with Gasteiger partial charge in [0.25, 0.3) is 0 Å². The lowest BCUT2D eigenvalue weighted by atomic mass is 9.47. The molecule has 0 spiro atoms. The molecule has 0 bridgehead atoms. The van der Waals surface area contributed by atoms with Crippen LogP contribution in [0.3, 0.4) is 0 Å². The van der Waals surface area contributed by atoms with Crippen LogP contribution in [0, 0.1) is 46.3 Å². The first-order chi connectivity index (χ1) is 14.9. The molecule has 32 heavy (non-hydrogen) atoms. The molecule has 0 aliphatic heterocycles. The Balaban J connectivity index is 1.47. The van der Waals surface area contributed by atoms with E-state index in [-0.39, 0.29) is 5.41 Å². The third-order valence-electron chi connectivity index (χ3n) is 10.5. The van der Waals surface area contributed by atoms with Gasteiger partial charge in [-0.2, -0.15) is 8.42 Å². The fourth-order valence-electron chi connectivity index (χ4n) is 8.91. The molecule has 0 radical (unpaired) electrons. The Bertz CT molecular complexity index is 818. The first-order valence-electron chi connectivity index (χ1n) is 13.3. The van der Waals surface area contributed by atoms with Crippen LogP contribution in [-0.2, 0) is 14.6 Å². The van der Waals surface area contributed by atoms with E-state index >= 15 is 0 Å². The normalized spacial score (nSPS) is 42.7. The molecule has 8 atom stereocenters. The maximum absolute atomic E-state index is 11.2. The lowest BCUT2D eigenvalue weighted by Gasteiger charge is -2.58. The van der Waals surface area contributed by atoms with E-state index in [0.717, 1.165) is 42.4 Å². The molecule has 1 N–H and O–H groups in total. The van der Waals surface area contributed by atoms with E-state index in [9.17, 15) is 8.42 Å². The number of fused-ring (bicyclic) bond motifs is 5. The van der Waals surface area contributed by atoms with Crippen molar-refractivity contribution in [3.8, 4) is 0 Å². The van der Waals surface area contributed by atoms with Crippen molar-refractivity contribution in [3.63, 3.8) is 0 Å². The highest BCUT2D eigenvalue weighted by atomic mass is 32.3. The zero-order valence-electron chi connectivity index (χ0n) is 21.0. The predicted molar refractivity (Wildman–Crippen MR) is 129 cm³/mol. The number of rotatable bonds is 7. The van der Waals surface area contributed by atoms with Crippen LogP contribution < -0.4 is 0 Å². The van der Waals surface area contributed by atoms with Crippen LogP contribution in [0.1, 0.15) is 105 Å². The minimum atomic E-state index is -4.38. The number of allylic oxidation sites excluding steroid dienone is 1. The van der Waals surface area contributed by atoms with E-state index in [2.05, 4.69) is 40.7 Å². The average Bonchev–Trinajstić information content (AvgIpc) is 3.04. The summed E-state index contributed by atoms with van der Waals surface area (Å²) < 4.78 is 36.6. The smallest absolute Gasteiger partial charge is 0.264 e. The Hall–Kier alpha value is -0.390. The minimum absolute atomic E-state index is 0.171. The van der Waals surface area contributed by atoms with Crippen molar-refractivity contribution in [2.45, 2.75) is 111 Å². The van der Waals surface area contributed by atoms with Crippen molar-refractivity contribution in [1.29, 1.82) is 0 Å². The molecule has 0 amide bonds. The molecule has 3 fully saturated rings. The first-order valence-corrected chi connectivity index (χ1v) is 14.7. The highest BCUT2D eigenvalue weighted by Gasteiger charge is 2.59. The summed E-state index contributed by atoms with van der Waals surface area (Å²) in [6.07, 6.45) is 15.1. The summed E-state index contributed by atoms with van der Waals surface area (Å²) >= 11 is 0. The van der Waals surface area contributed by atoms with Gasteiger partial charge in [-0.15, -0.1) is 0 Å². The summed E-state index contributed by atoms with van der Waals surface area (Å²) in [5.41, 5.74) is 2.05. The first kappa shape index (κ1) is 24.7. The standard InChI is InChI=1S/C27H46O4S/c1-18(2)7-6-8-19(3)23-11-12-24-22-10-9-20-17-21(31-32(28,29)30)13-15-26(20,4)25(22)14-16-27(23,24)5/h9,18-19,21-25H,6-8,10-17H2,1-5H3,(H,28,29,30)/t19-,21-,22+,23-,24-,25+,26+,27-/m1/s1. The van der Waals surface area contributed by atoms with Crippen LogP contribution in [-0.4, -0.2) is 19.1 Å². The van der Waals surface area contributed by atoms with Crippen LogP contribution in [0.2, 0.25) is 0 Å². The molecule has 0 aromatic carbocycles. The summed E-state index contributed by atoms with van der Waals surface area (Å²) in [6, 6.07) is 0. The largest absolute Gasteiger partial charge is 0.397 e. The van der Waals surface area contributed by atoms with Gasteiger partial charge < -0.3 is 0 Å². The van der Waals surface area contributed by atoms with E-state index in [4.69, 9.17) is 8.74 Å². The summed E-state index contributed by atoms with van der Waals surface area (Å²) in [6.45, 7) is 12.3. The quantitative estimate of drug-likeness (QED) is 0.318. The second kappa shape index (κ2) is 9.00. The Kier molecular flexibility index (Phi) is 6.95. The van der Waals surface area contributed by atoms with Crippen molar-refractivity contribution in [3.05, 3.63) is 11.6 Å². The van der Waals surface area contributed by atoms with Crippen molar-refractivity contribution in [2.75, 3.05) is 0 Å². The molecule has 5 heteroatoms. The molecule has 4 aliphatic rings. The van der Waals surface area contributed by atoms with Crippen molar-refractivity contribution in [2.24, 2.45) is 46.3 Å². The Morgan fingerprint density at radius 3 is 2.50 bits per heavy atom. The Labute approximate surface area is 196 Å². The average molecular weight is 467 g/mol. The lowest BCUT2D eigenvalue weighted by molar-refractivity contribution is -0.0560. The molecule has 4 nitrogen and oxygen atoms in total. The summed E-state index contributed by atoms with van der Waals surface area (Å²) in [7, 11) is -4.38. The lowest BCUT2D eigenvalue weighted by Crippen LogP contribution is -2.51. The summed E-state index contributed by atoms with van der Waals surface area (Å²) in [5.74, 6) is 4.83. The molecule has 0 heterocycles. The topological polar surface area (TPSA) is 63.6 Å². The molecule has 4 rings (SSSR count). The molecule has 184 valence electrons. The third kappa shape index (κ3) is 4.60. The second-order valence-electron chi connectivity index (χ2n) is 12.7. The molecule has 4 aliphatic carbocycles. The molecule has 0 aromatic heterocycles. The van der Waals surface area contributed by atoms with Crippen LogP contribution in [0.5, 0.6) is 0 Å². The van der Waals surface area contributed by atoms with Gasteiger partial charge >= 0.3 is 10.4 Å². The van der Waals surface area contributed by atoms with E-state index in [1.54, 1.807) is 0 Å². The van der Waals surface area contributed by atoms with Crippen LogP contribution in [0.4, 0.5) is 0 Å². The highest BCUT2D eigenvalue weighted by Crippen LogP contribution is 2.67. The van der Waals surface area contributed by atoms with Crippen LogP contribution >= 0.6 is 0 Å². The fourth-order valence-corrected chi connectivity index (χ4v) is 9.41. The summed E-state index contributed by atoms with van der Waals surface area (Å²) in [4.78, 5) is 0. The van der Waals surface area contributed by atoms with Gasteiger partial charge in [0.15, 0.2) is 0 Å². The van der Waals surface area contributed by atoms with Gasteiger partial charge in [0.05, 0.1) is 6.10 Å². The molecule has 0 saturated heterocycles. The van der Waals surface area contributed by atoms with Gasteiger partial charge in [-0.05, 0) is 97.7 Å². The van der Waals surface area contributed by atoms with E-state index < -0.39 is 16.5 Å². The molecule has 0 aromatic rings. The van der Waals surface area contributed by atoms with E-state index in [0.29, 0.717) is 24.2 Å². The van der Waals surface area contributed by atoms with Gasteiger partial charge in [-0.1, -0.05) is 65.5 Å². The van der Waals surface area contributed by atoms with Crippen LogP contribution in [0.15, 0.2) is 11.6 Å². The number of hydrogen-bond donors (Lipinski definition) is 1. The van der Waals surface area contributed by atoms with Crippen molar-refractivity contribution >= 4 is 10.4 Å². The van der Waals surface area contributed by atoms with Gasteiger partial charge in [0.2, 0.25) is 0 Å². The molecular weight excluding hydrogens is 420 g/mol. The minimum Gasteiger partial charge on any atom is -0.264 e.